The quantitative estimate of drug-likeness (QED) is 0.591. The van der Waals surface area contributed by atoms with E-state index in [1.807, 2.05) is 12.5 Å². The molecule has 2 aliphatic rings. The molecule has 3 rings (SSSR count). The number of furan rings is 1. The zero-order valence-corrected chi connectivity index (χ0v) is 7.96. The van der Waals surface area contributed by atoms with Crippen molar-refractivity contribution in [2.45, 2.75) is 38.5 Å². The fourth-order valence-corrected chi connectivity index (χ4v) is 3.09. The zero-order chi connectivity index (χ0) is 8.67. The van der Waals surface area contributed by atoms with Gasteiger partial charge in [0.15, 0.2) is 0 Å². The Bertz CT molecular complexity index is 271. The van der Waals surface area contributed by atoms with Crippen molar-refractivity contribution in [2.75, 3.05) is 0 Å². The summed E-state index contributed by atoms with van der Waals surface area (Å²) in [5, 5.41) is 0. The lowest BCUT2D eigenvalue weighted by atomic mass is 9.70. The summed E-state index contributed by atoms with van der Waals surface area (Å²) in [4.78, 5) is 0. The number of rotatable bonds is 0. The minimum absolute atomic E-state index is 0.971. The van der Waals surface area contributed by atoms with Gasteiger partial charge < -0.3 is 4.42 Å². The maximum absolute atomic E-state index is 5.27. The van der Waals surface area contributed by atoms with Crippen LogP contribution in [0.2, 0.25) is 0 Å². The van der Waals surface area contributed by atoms with E-state index >= 15 is 0 Å². The second-order valence-electron chi connectivity index (χ2n) is 4.64. The second-order valence-corrected chi connectivity index (χ2v) is 4.64. The molecule has 0 saturated heterocycles. The van der Waals surface area contributed by atoms with Crippen LogP contribution in [0.25, 0.3) is 0 Å². The largest absolute Gasteiger partial charge is 0.472 e. The lowest BCUT2D eigenvalue weighted by Crippen LogP contribution is -2.27. The predicted octanol–water partition coefficient (Wildman–Crippen LogP) is 3.18. The Kier molecular flexibility index (Phi) is 1.71. The topological polar surface area (TPSA) is 13.1 Å². The average Bonchev–Trinajstić information content (AvgIpc) is 2.61. The molecule has 2 unspecified atom stereocenters. The van der Waals surface area contributed by atoms with E-state index in [9.17, 15) is 0 Å². The molecule has 0 bridgehead atoms. The molecule has 0 aliphatic heterocycles. The van der Waals surface area contributed by atoms with Crippen molar-refractivity contribution in [1.82, 2.24) is 0 Å². The average molecular weight is 176 g/mol. The molecule has 0 radical (unpaired) electrons. The molecule has 1 saturated carbocycles. The summed E-state index contributed by atoms with van der Waals surface area (Å²) in [6.07, 6.45) is 12.3. The van der Waals surface area contributed by atoms with Gasteiger partial charge in [0, 0.05) is 0 Å². The Morgan fingerprint density at radius 3 is 2.00 bits per heavy atom. The number of fused-ring (bicyclic) bond motifs is 2. The third kappa shape index (κ3) is 1.21. The highest BCUT2D eigenvalue weighted by Gasteiger charge is 2.31. The summed E-state index contributed by atoms with van der Waals surface area (Å²) in [5.41, 5.74) is 2.98. The van der Waals surface area contributed by atoms with Crippen LogP contribution in [0, 0.1) is 11.8 Å². The summed E-state index contributed by atoms with van der Waals surface area (Å²) in [7, 11) is 0. The van der Waals surface area contributed by atoms with Gasteiger partial charge in [-0.25, -0.2) is 0 Å². The van der Waals surface area contributed by atoms with Gasteiger partial charge in [0.2, 0.25) is 0 Å². The van der Waals surface area contributed by atoms with Gasteiger partial charge in [-0.15, -0.1) is 0 Å². The Balaban J connectivity index is 1.89. The lowest BCUT2D eigenvalue weighted by molar-refractivity contribution is 0.221. The van der Waals surface area contributed by atoms with E-state index in [1.54, 1.807) is 0 Å². The van der Waals surface area contributed by atoms with E-state index in [1.165, 1.54) is 49.7 Å². The van der Waals surface area contributed by atoms with Crippen LogP contribution in [-0.2, 0) is 12.8 Å². The third-order valence-electron chi connectivity index (χ3n) is 3.86. The molecule has 0 aromatic carbocycles. The maximum Gasteiger partial charge on any atom is 0.0937 e. The third-order valence-corrected chi connectivity index (χ3v) is 3.86. The highest BCUT2D eigenvalue weighted by atomic mass is 16.3. The van der Waals surface area contributed by atoms with E-state index in [0.717, 1.165) is 11.8 Å². The van der Waals surface area contributed by atoms with Crippen molar-refractivity contribution >= 4 is 0 Å². The predicted molar refractivity (Wildman–Crippen MR) is 51.6 cm³/mol. The van der Waals surface area contributed by atoms with E-state index in [4.69, 9.17) is 4.42 Å². The van der Waals surface area contributed by atoms with Gasteiger partial charge in [-0.2, -0.15) is 0 Å². The summed E-state index contributed by atoms with van der Waals surface area (Å²) < 4.78 is 5.27. The monoisotopic (exact) mass is 176 g/mol. The van der Waals surface area contributed by atoms with Crippen molar-refractivity contribution in [3.05, 3.63) is 23.7 Å². The molecule has 0 N–H and O–H groups in total. The molecule has 1 heterocycles. The SMILES string of the molecule is c1occ2c1CC1CCCCC1C2. The number of hydrogen-bond donors (Lipinski definition) is 0. The molecule has 70 valence electrons. The second kappa shape index (κ2) is 2.90. The Morgan fingerprint density at radius 1 is 0.923 bits per heavy atom. The van der Waals surface area contributed by atoms with Gasteiger partial charge in [0.1, 0.15) is 0 Å². The molecular weight excluding hydrogens is 160 g/mol. The molecule has 2 aliphatic carbocycles. The van der Waals surface area contributed by atoms with Gasteiger partial charge in [-0.1, -0.05) is 12.8 Å². The minimum atomic E-state index is 0.971. The van der Waals surface area contributed by atoms with E-state index < -0.39 is 0 Å². The van der Waals surface area contributed by atoms with Crippen molar-refractivity contribution in [3.8, 4) is 0 Å². The van der Waals surface area contributed by atoms with E-state index in [0.29, 0.717) is 0 Å². The summed E-state index contributed by atoms with van der Waals surface area (Å²) in [6.45, 7) is 0. The molecule has 0 spiro atoms. The van der Waals surface area contributed by atoms with Crippen LogP contribution in [0.3, 0.4) is 0 Å². The Labute approximate surface area is 79.1 Å². The summed E-state index contributed by atoms with van der Waals surface area (Å²) in [6, 6.07) is 0. The molecule has 1 nitrogen and oxygen atoms in total. The fourth-order valence-electron chi connectivity index (χ4n) is 3.09. The van der Waals surface area contributed by atoms with E-state index in [2.05, 4.69) is 0 Å². The Morgan fingerprint density at radius 2 is 1.46 bits per heavy atom. The summed E-state index contributed by atoms with van der Waals surface area (Å²) >= 11 is 0. The van der Waals surface area contributed by atoms with Gasteiger partial charge in [-0.3, -0.25) is 0 Å². The van der Waals surface area contributed by atoms with Crippen molar-refractivity contribution < 1.29 is 4.42 Å². The van der Waals surface area contributed by atoms with Crippen LogP contribution < -0.4 is 0 Å². The van der Waals surface area contributed by atoms with Crippen LogP contribution in [0.4, 0.5) is 0 Å². The standard InChI is InChI=1S/C12H16O/c1-2-4-10-6-12-8-13-7-11(12)5-9(10)3-1/h7-10H,1-6H2. The van der Waals surface area contributed by atoms with Gasteiger partial charge >= 0.3 is 0 Å². The first-order valence-electron chi connectivity index (χ1n) is 5.47. The minimum Gasteiger partial charge on any atom is -0.472 e. The van der Waals surface area contributed by atoms with Crippen LogP contribution in [0.15, 0.2) is 16.9 Å². The molecule has 13 heavy (non-hydrogen) atoms. The number of hydrogen-bond acceptors (Lipinski definition) is 1. The first kappa shape index (κ1) is 7.66. The van der Waals surface area contributed by atoms with Crippen molar-refractivity contribution in [3.63, 3.8) is 0 Å². The zero-order valence-electron chi connectivity index (χ0n) is 7.96. The molecule has 1 fully saturated rings. The lowest BCUT2D eigenvalue weighted by Gasteiger charge is -2.34. The molecule has 1 aromatic heterocycles. The smallest absolute Gasteiger partial charge is 0.0937 e. The van der Waals surface area contributed by atoms with Crippen LogP contribution in [0.1, 0.15) is 36.8 Å². The van der Waals surface area contributed by atoms with E-state index in [-0.39, 0.29) is 0 Å². The van der Waals surface area contributed by atoms with Crippen LogP contribution in [0.5, 0.6) is 0 Å². The first-order valence-corrected chi connectivity index (χ1v) is 5.47. The van der Waals surface area contributed by atoms with Crippen molar-refractivity contribution in [2.24, 2.45) is 11.8 Å². The van der Waals surface area contributed by atoms with Gasteiger partial charge in [0.05, 0.1) is 12.5 Å². The maximum atomic E-state index is 5.27. The highest BCUT2D eigenvalue weighted by molar-refractivity contribution is 5.25. The first-order chi connectivity index (χ1) is 6.43. The highest BCUT2D eigenvalue weighted by Crippen LogP contribution is 2.39. The van der Waals surface area contributed by atoms with Gasteiger partial charge in [-0.05, 0) is 48.6 Å². The fraction of sp³-hybridized carbons (Fsp3) is 0.667. The van der Waals surface area contributed by atoms with Crippen molar-refractivity contribution in [1.29, 1.82) is 0 Å². The van der Waals surface area contributed by atoms with Gasteiger partial charge in [0.25, 0.3) is 0 Å². The molecule has 1 aromatic rings. The normalized spacial score (nSPS) is 32.3. The molecule has 1 heteroatoms. The molecule has 0 amide bonds. The van der Waals surface area contributed by atoms with Crippen LogP contribution >= 0.6 is 0 Å². The molecule has 2 atom stereocenters. The molecular formula is C12H16O. The summed E-state index contributed by atoms with van der Waals surface area (Å²) in [5.74, 6) is 1.94. The Hall–Kier alpha value is -0.720. The van der Waals surface area contributed by atoms with Crippen LogP contribution in [-0.4, -0.2) is 0 Å².